The zero-order valence-electron chi connectivity index (χ0n) is 11.5. The fourth-order valence-electron chi connectivity index (χ4n) is 1.79. The van der Waals surface area contributed by atoms with E-state index >= 15 is 0 Å². The van der Waals surface area contributed by atoms with Crippen molar-refractivity contribution in [1.29, 1.82) is 5.26 Å². The first-order chi connectivity index (χ1) is 9.59. The highest BCUT2D eigenvalue weighted by molar-refractivity contribution is 7.91. The lowest BCUT2D eigenvalue weighted by Gasteiger charge is -2.17. The fraction of sp³-hybridized carbons (Fsp3) is 0.462. The molecule has 0 radical (unpaired) electrons. The minimum atomic E-state index is -4.64. The normalized spacial score (nSPS) is 13.5. The zero-order chi connectivity index (χ0) is 16.3. The lowest BCUT2D eigenvalue weighted by atomic mass is 10.1. The standard InChI is InChI=1S/C13H15F3N2O2S/c1-3-21(19,20)8-9(2)18-11-5-4-10(7-17)12(6-11)13(14,15)16/h4-6,9,18H,3,8H2,1-2H3. The van der Waals surface area contributed by atoms with Crippen molar-refractivity contribution in [3.63, 3.8) is 0 Å². The van der Waals surface area contributed by atoms with E-state index in [1.165, 1.54) is 19.1 Å². The van der Waals surface area contributed by atoms with E-state index in [0.717, 1.165) is 12.1 Å². The average Bonchev–Trinajstić information content (AvgIpc) is 2.37. The number of hydrogen-bond acceptors (Lipinski definition) is 4. The van der Waals surface area contributed by atoms with E-state index in [-0.39, 0.29) is 17.2 Å². The summed E-state index contributed by atoms with van der Waals surface area (Å²) in [7, 11) is -3.23. The number of nitrogens with one attached hydrogen (secondary N) is 1. The van der Waals surface area contributed by atoms with E-state index in [2.05, 4.69) is 5.32 Å². The molecule has 0 saturated carbocycles. The van der Waals surface area contributed by atoms with Gasteiger partial charge in [-0.2, -0.15) is 18.4 Å². The molecule has 0 amide bonds. The number of rotatable bonds is 5. The van der Waals surface area contributed by atoms with Gasteiger partial charge in [0.2, 0.25) is 0 Å². The van der Waals surface area contributed by atoms with Crippen LogP contribution >= 0.6 is 0 Å². The average molecular weight is 320 g/mol. The van der Waals surface area contributed by atoms with Crippen LogP contribution in [0.15, 0.2) is 18.2 Å². The van der Waals surface area contributed by atoms with Crippen LogP contribution in [-0.4, -0.2) is 26.0 Å². The van der Waals surface area contributed by atoms with Crippen molar-refractivity contribution in [3.05, 3.63) is 29.3 Å². The molecule has 0 spiro atoms. The maximum absolute atomic E-state index is 12.8. The molecule has 0 saturated heterocycles. The lowest BCUT2D eigenvalue weighted by molar-refractivity contribution is -0.137. The van der Waals surface area contributed by atoms with Crippen LogP contribution in [0.4, 0.5) is 18.9 Å². The van der Waals surface area contributed by atoms with Crippen LogP contribution in [0.5, 0.6) is 0 Å². The quantitative estimate of drug-likeness (QED) is 0.905. The summed E-state index contributed by atoms with van der Waals surface area (Å²) in [6.07, 6.45) is -4.64. The number of alkyl halides is 3. The van der Waals surface area contributed by atoms with Gasteiger partial charge in [0.1, 0.15) is 0 Å². The third-order valence-corrected chi connectivity index (χ3v) is 4.69. The molecule has 0 heterocycles. The zero-order valence-corrected chi connectivity index (χ0v) is 12.3. The Morgan fingerprint density at radius 3 is 2.48 bits per heavy atom. The van der Waals surface area contributed by atoms with Gasteiger partial charge in [0.25, 0.3) is 0 Å². The van der Waals surface area contributed by atoms with Gasteiger partial charge >= 0.3 is 6.18 Å². The molecule has 0 aliphatic heterocycles. The fourth-order valence-corrected chi connectivity index (χ4v) is 2.87. The van der Waals surface area contributed by atoms with Crippen molar-refractivity contribution >= 4 is 15.5 Å². The Kier molecular flexibility index (Phi) is 5.23. The number of halogens is 3. The molecule has 1 atom stereocenters. The highest BCUT2D eigenvalue weighted by Crippen LogP contribution is 2.33. The summed E-state index contributed by atoms with van der Waals surface area (Å²) in [5, 5.41) is 11.4. The van der Waals surface area contributed by atoms with Crippen molar-refractivity contribution in [2.45, 2.75) is 26.1 Å². The molecule has 1 rings (SSSR count). The van der Waals surface area contributed by atoms with Crippen molar-refractivity contribution in [1.82, 2.24) is 0 Å². The van der Waals surface area contributed by atoms with E-state index < -0.39 is 33.2 Å². The van der Waals surface area contributed by atoms with Gasteiger partial charge in [0.05, 0.1) is 22.9 Å². The van der Waals surface area contributed by atoms with Crippen molar-refractivity contribution in [2.24, 2.45) is 0 Å². The molecule has 0 aliphatic rings. The largest absolute Gasteiger partial charge is 0.417 e. The minimum absolute atomic E-state index is 0.0276. The molecular weight excluding hydrogens is 305 g/mol. The maximum atomic E-state index is 12.8. The summed E-state index contributed by atoms with van der Waals surface area (Å²) >= 11 is 0. The first-order valence-electron chi connectivity index (χ1n) is 6.17. The smallest absolute Gasteiger partial charge is 0.382 e. The second-order valence-corrected chi connectivity index (χ2v) is 7.01. The molecule has 1 aromatic carbocycles. The topological polar surface area (TPSA) is 70.0 Å². The molecule has 8 heteroatoms. The number of nitriles is 1. The van der Waals surface area contributed by atoms with E-state index in [1.807, 2.05) is 0 Å². The van der Waals surface area contributed by atoms with Gasteiger partial charge in [0, 0.05) is 17.5 Å². The van der Waals surface area contributed by atoms with Crippen LogP contribution < -0.4 is 5.32 Å². The van der Waals surface area contributed by atoms with E-state index in [1.54, 1.807) is 6.92 Å². The van der Waals surface area contributed by atoms with E-state index in [9.17, 15) is 21.6 Å². The Morgan fingerprint density at radius 1 is 1.38 bits per heavy atom. The molecule has 21 heavy (non-hydrogen) atoms. The number of nitrogens with zero attached hydrogens (tertiary/aromatic N) is 1. The predicted molar refractivity (Wildman–Crippen MR) is 73.6 cm³/mol. The van der Waals surface area contributed by atoms with Crippen LogP contribution in [-0.2, 0) is 16.0 Å². The van der Waals surface area contributed by atoms with Gasteiger partial charge in [-0.05, 0) is 25.1 Å². The second-order valence-electron chi connectivity index (χ2n) is 4.61. The van der Waals surface area contributed by atoms with E-state index in [0.29, 0.717) is 0 Å². The van der Waals surface area contributed by atoms with Gasteiger partial charge in [0.15, 0.2) is 9.84 Å². The summed E-state index contributed by atoms with van der Waals surface area (Å²) in [6, 6.07) is 4.15. The van der Waals surface area contributed by atoms with Crippen LogP contribution in [0.1, 0.15) is 25.0 Å². The highest BCUT2D eigenvalue weighted by atomic mass is 32.2. The highest BCUT2D eigenvalue weighted by Gasteiger charge is 2.34. The number of sulfone groups is 1. The van der Waals surface area contributed by atoms with Gasteiger partial charge < -0.3 is 5.32 Å². The Bertz CT molecular complexity index is 648. The Balaban J connectivity index is 2.99. The number of hydrogen-bond donors (Lipinski definition) is 1. The molecule has 1 unspecified atom stereocenters. The second kappa shape index (κ2) is 6.35. The minimum Gasteiger partial charge on any atom is -0.382 e. The first-order valence-corrected chi connectivity index (χ1v) is 7.99. The van der Waals surface area contributed by atoms with Crippen LogP contribution in [0, 0.1) is 11.3 Å². The molecule has 0 aliphatic carbocycles. The lowest BCUT2D eigenvalue weighted by Crippen LogP contribution is -2.26. The van der Waals surface area contributed by atoms with Crippen molar-refractivity contribution in [2.75, 3.05) is 16.8 Å². The number of anilines is 1. The molecular formula is C13H15F3N2O2S. The van der Waals surface area contributed by atoms with E-state index in [4.69, 9.17) is 5.26 Å². The molecule has 0 aromatic heterocycles. The van der Waals surface area contributed by atoms with Gasteiger partial charge in [-0.15, -0.1) is 0 Å². The molecule has 1 aromatic rings. The molecule has 0 bridgehead atoms. The summed E-state index contributed by atoms with van der Waals surface area (Å²) in [5.41, 5.74) is -1.39. The summed E-state index contributed by atoms with van der Waals surface area (Å²) < 4.78 is 61.3. The number of benzene rings is 1. The molecule has 4 nitrogen and oxygen atoms in total. The van der Waals surface area contributed by atoms with Gasteiger partial charge in [-0.25, -0.2) is 8.42 Å². The Hall–Kier alpha value is -1.75. The summed E-state index contributed by atoms with van der Waals surface area (Å²) in [5.74, 6) is -0.203. The Labute approximate surface area is 121 Å². The van der Waals surface area contributed by atoms with Gasteiger partial charge in [-0.3, -0.25) is 0 Å². The Morgan fingerprint density at radius 2 is 2.00 bits per heavy atom. The van der Waals surface area contributed by atoms with Crippen molar-refractivity contribution < 1.29 is 21.6 Å². The van der Waals surface area contributed by atoms with Gasteiger partial charge in [-0.1, -0.05) is 6.92 Å². The first kappa shape index (κ1) is 17.3. The van der Waals surface area contributed by atoms with Crippen LogP contribution in [0.2, 0.25) is 0 Å². The van der Waals surface area contributed by atoms with Crippen molar-refractivity contribution in [3.8, 4) is 6.07 Å². The SMILES string of the molecule is CCS(=O)(=O)CC(C)Nc1ccc(C#N)c(C(F)(F)F)c1. The summed E-state index contributed by atoms with van der Waals surface area (Å²) in [6.45, 7) is 3.07. The third kappa shape index (κ3) is 4.93. The maximum Gasteiger partial charge on any atom is 0.417 e. The third-order valence-electron chi connectivity index (χ3n) is 2.80. The molecule has 0 fully saturated rings. The molecule has 1 N–H and O–H groups in total. The van der Waals surface area contributed by atoms with Crippen LogP contribution in [0.25, 0.3) is 0 Å². The van der Waals surface area contributed by atoms with Crippen LogP contribution in [0.3, 0.4) is 0 Å². The monoisotopic (exact) mass is 320 g/mol. The molecule has 116 valence electrons. The predicted octanol–water partition coefficient (Wildman–Crippen LogP) is 2.81. The summed E-state index contributed by atoms with van der Waals surface area (Å²) in [4.78, 5) is 0.